The SMILES string of the molecule is Cc1ccn(-c2cccc(B3OC(C)(C)C(C)(C)O3)c2)c(=O)c1. The maximum Gasteiger partial charge on any atom is 0.494 e. The normalized spacial score (nSPS) is 19.1. The van der Waals surface area contributed by atoms with Gasteiger partial charge in [0.1, 0.15) is 0 Å². The maximum absolute atomic E-state index is 12.2. The third kappa shape index (κ3) is 2.86. The van der Waals surface area contributed by atoms with Gasteiger partial charge in [0, 0.05) is 18.0 Å². The van der Waals surface area contributed by atoms with Crippen LogP contribution >= 0.6 is 0 Å². The molecule has 1 aromatic heterocycles. The summed E-state index contributed by atoms with van der Waals surface area (Å²) in [4.78, 5) is 12.2. The smallest absolute Gasteiger partial charge is 0.399 e. The van der Waals surface area contributed by atoms with Crippen LogP contribution in [0.25, 0.3) is 5.69 Å². The molecule has 0 N–H and O–H groups in total. The fraction of sp³-hybridized carbons (Fsp3) is 0.389. The van der Waals surface area contributed by atoms with Crippen LogP contribution in [0, 0.1) is 6.92 Å². The lowest BCUT2D eigenvalue weighted by atomic mass is 9.79. The van der Waals surface area contributed by atoms with Crippen LogP contribution < -0.4 is 11.0 Å². The Kier molecular flexibility index (Phi) is 3.73. The number of hydrogen-bond acceptors (Lipinski definition) is 3. The highest BCUT2D eigenvalue weighted by atomic mass is 16.7. The highest BCUT2D eigenvalue weighted by Gasteiger charge is 2.51. The average molecular weight is 311 g/mol. The van der Waals surface area contributed by atoms with Crippen molar-refractivity contribution in [3.8, 4) is 5.69 Å². The molecular formula is C18H22BNO3. The first-order valence-corrected chi connectivity index (χ1v) is 7.85. The van der Waals surface area contributed by atoms with Crippen LogP contribution in [-0.4, -0.2) is 22.9 Å². The van der Waals surface area contributed by atoms with E-state index in [0.29, 0.717) is 0 Å². The van der Waals surface area contributed by atoms with Crippen molar-refractivity contribution in [2.24, 2.45) is 0 Å². The zero-order valence-corrected chi connectivity index (χ0v) is 14.3. The molecule has 2 aromatic rings. The summed E-state index contributed by atoms with van der Waals surface area (Å²) in [6.45, 7) is 10.0. The molecule has 0 spiro atoms. The molecule has 0 unspecified atom stereocenters. The van der Waals surface area contributed by atoms with Crippen molar-refractivity contribution in [2.75, 3.05) is 0 Å². The Morgan fingerprint density at radius 3 is 2.26 bits per heavy atom. The summed E-state index contributed by atoms with van der Waals surface area (Å²) in [7, 11) is -0.430. The van der Waals surface area contributed by atoms with Gasteiger partial charge in [-0.3, -0.25) is 9.36 Å². The Labute approximate surface area is 137 Å². The number of rotatable bonds is 2. The fourth-order valence-electron chi connectivity index (χ4n) is 2.59. The molecule has 5 heteroatoms. The molecule has 1 aliphatic rings. The summed E-state index contributed by atoms with van der Waals surface area (Å²) in [5.41, 5.74) is 1.86. The van der Waals surface area contributed by atoms with Gasteiger partial charge >= 0.3 is 7.12 Å². The number of pyridine rings is 1. The van der Waals surface area contributed by atoms with Crippen molar-refractivity contribution in [2.45, 2.75) is 45.8 Å². The summed E-state index contributed by atoms with van der Waals surface area (Å²) >= 11 is 0. The third-order valence-electron chi connectivity index (χ3n) is 4.75. The Hall–Kier alpha value is -1.85. The summed E-state index contributed by atoms with van der Waals surface area (Å²) in [5, 5.41) is 0. The van der Waals surface area contributed by atoms with Crippen LogP contribution in [0.15, 0.2) is 47.4 Å². The number of aromatic nitrogens is 1. The van der Waals surface area contributed by atoms with Gasteiger partial charge in [-0.25, -0.2) is 0 Å². The van der Waals surface area contributed by atoms with Gasteiger partial charge in [0.15, 0.2) is 0 Å². The Morgan fingerprint density at radius 1 is 1.00 bits per heavy atom. The second-order valence-corrected chi connectivity index (χ2v) is 7.10. The van der Waals surface area contributed by atoms with E-state index in [1.807, 2.05) is 65.0 Å². The largest absolute Gasteiger partial charge is 0.494 e. The predicted octanol–water partition coefficient (Wildman–Crippen LogP) is 2.45. The van der Waals surface area contributed by atoms with Gasteiger partial charge in [0.25, 0.3) is 5.56 Å². The van der Waals surface area contributed by atoms with Crippen LogP contribution in [0.5, 0.6) is 0 Å². The van der Waals surface area contributed by atoms with E-state index in [1.165, 1.54) is 0 Å². The minimum absolute atomic E-state index is 0.0453. The summed E-state index contributed by atoms with van der Waals surface area (Å²) in [6.07, 6.45) is 1.79. The van der Waals surface area contributed by atoms with E-state index in [4.69, 9.17) is 9.31 Å². The molecule has 1 saturated heterocycles. The molecule has 1 aliphatic heterocycles. The zero-order valence-electron chi connectivity index (χ0n) is 14.3. The summed E-state index contributed by atoms with van der Waals surface area (Å²) in [5.74, 6) is 0. The van der Waals surface area contributed by atoms with E-state index in [-0.39, 0.29) is 16.8 Å². The molecule has 1 aromatic carbocycles. The zero-order chi connectivity index (χ0) is 16.8. The molecule has 1 fully saturated rings. The van der Waals surface area contributed by atoms with Gasteiger partial charge < -0.3 is 9.31 Å². The molecule has 23 heavy (non-hydrogen) atoms. The van der Waals surface area contributed by atoms with Crippen molar-refractivity contribution in [1.29, 1.82) is 0 Å². The molecular weight excluding hydrogens is 289 g/mol. The van der Waals surface area contributed by atoms with Gasteiger partial charge in [-0.05, 0) is 63.8 Å². The van der Waals surface area contributed by atoms with Crippen molar-refractivity contribution in [3.05, 3.63) is 58.5 Å². The quantitative estimate of drug-likeness (QED) is 0.800. The molecule has 0 radical (unpaired) electrons. The second kappa shape index (κ2) is 5.36. The second-order valence-electron chi connectivity index (χ2n) is 7.10. The molecule has 0 amide bonds. The van der Waals surface area contributed by atoms with E-state index in [0.717, 1.165) is 16.7 Å². The average Bonchev–Trinajstić information content (AvgIpc) is 2.68. The van der Waals surface area contributed by atoms with E-state index >= 15 is 0 Å². The van der Waals surface area contributed by atoms with E-state index in [1.54, 1.807) is 16.8 Å². The molecule has 2 heterocycles. The molecule has 0 bridgehead atoms. The van der Waals surface area contributed by atoms with E-state index in [9.17, 15) is 4.79 Å². The molecule has 4 nitrogen and oxygen atoms in total. The fourth-order valence-corrected chi connectivity index (χ4v) is 2.59. The Balaban J connectivity index is 1.97. The lowest BCUT2D eigenvalue weighted by Gasteiger charge is -2.32. The van der Waals surface area contributed by atoms with Gasteiger partial charge in [0.05, 0.1) is 11.2 Å². The van der Waals surface area contributed by atoms with Gasteiger partial charge in [-0.1, -0.05) is 12.1 Å². The van der Waals surface area contributed by atoms with Crippen molar-refractivity contribution in [3.63, 3.8) is 0 Å². The van der Waals surface area contributed by atoms with Crippen LogP contribution in [-0.2, 0) is 9.31 Å². The first-order chi connectivity index (χ1) is 10.7. The number of hydrogen-bond donors (Lipinski definition) is 0. The van der Waals surface area contributed by atoms with Crippen LogP contribution in [0.1, 0.15) is 33.3 Å². The Bertz CT molecular complexity index is 779. The summed E-state index contributed by atoms with van der Waals surface area (Å²) in [6, 6.07) is 11.3. The van der Waals surface area contributed by atoms with Gasteiger partial charge in [-0.2, -0.15) is 0 Å². The highest BCUT2D eigenvalue weighted by molar-refractivity contribution is 6.62. The Morgan fingerprint density at radius 2 is 1.65 bits per heavy atom. The lowest BCUT2D eigenvalue weighted by Crippen LogP contribution is -2.41. The monoisotopic (exact) mass is 311 g/mol. The molecule has 0 aliphatic carbocycles. The molecule has 120 valence electrons. The number of nitrogens with zero attached hydrogens (tertiary/aromatic N) is 1. The van der Waals surface area contributed by atoms with Crippen LogP contribution in [0.3, 0.4) is 0 Å². The van der Waals surface area contributed by atoms with Crippen LogP contribution in [0.4, 0.5) is 0 Å². The molecule has 0 saturated carbocycles. The van der Waals surface area contributed by atoms with Gasteiger partial charge in [-0.15, -0.1) is 0 Å². The summed E-state index contributed by atoms with van der Waals surface area (Å²) < 4.78 is 13.8. The van der Waals surface area contributed by atoms with E-state index < -0.39 is 7.12 Å². The van der Waals surface area contributed by atoms with Crippen molar-refractivity contribution >= 4 is 12.6 Å². The minimum atomic E-state index is -0.430. The lowest BCUT2D eigenvalue weighted by molar-refractivity contribution is 0.00578. The topological polar surface area (TPSA) is 40.5 Å². The molecule has 0 atom stereocenters. The van der Waals surface area contributed by atoms with Crippen LogP contribution in [0.2, 0.25) is 0 Å². The van der Waals surface area contributed by atoms with Crippen molar-refractivity contribution < 1.29 is 9.31 Å². The van der Waals surface area contributed by atoms with Crippen molar-refractivity contribution in [1.82, 2.24) is 4.57 Å². The standard InChI is InChI=1S/C18H22BNO3/c1-13-9-10-20(16(21)11-13)15-8-6-7-14(12-15)19-22-17(2,3)18(4,5)23-19/h6-12H,1-5H3. The number of benzene rings is 1. The maximum atomic E-state index is 12.2. The first kappa shape index (κ1) is 16.0. The van der Waals surface area contributed by atoms with E-state index in [2.05, 4.69) is 0 Å². The predicted molar refractivity (Wildman–Crippen MR) is 92.5 cm³/mol. The van der Waals surface area contributed by atoms with Gasteiger partial charge in [0.2, 0.25) is 0 Å². The molecule has 3 rings (SSSR count). The third-order valence-corrected chi connectivity index (χ3v) is 4.75. The first-order valence-electron chi connectivity index (χ1n) is 7.85. The highest BCUT2D eigenvalue weighted by Crippen LogP contribution is 2.36. The number of aryl methyl sites for hydroxylation is 1. The minimum Gasteiger partial charge on any atom is -0.399 e.